The molecule has 4 nitrogen and oxygen atoms in total. The molecule has 0 spiro atoms. The van der Waals surface area contributed by atoms with E-state index in [1.165, 1.54) is 0 Å². The quantitative estimate of drug-likeness (QED) is 0.860. The van der Waals surface area contributed by atoms with Crippen LogP contribution in [0.1, 0.15) is 17.3 Å². The summed E-state index contributed by atoms with van der Waals surface area (Å²) in [5.74, 6) is -0.479. The summed E-state index contributed by atoms with van der Waals surface area (Å²) in [7, 11) is 0. The Morgan fingerprint density at radius 3 is 2.24 bits per heavy atom. The van der Waals surface area contributed by atoms with Gasteiger partial charge in [-0.1, -0.05) is 31.9 Å². The Kier molecular flexibility index (Phi) is 5.64. The molecule has 0 atom stereocenters. The molecular weight excluding hydrogens is 352 g/mol. The molecule has 1 aromatic rings. The van der Waals surface area contributed by atoms with Gasteiger partial charge in [-0.25, -0.2) is 0 Å². The van der Waals surface area contributed by atoms with E-state index in [-0.39, 0.29) is 18.4 Å². The third kappa shape index (κ3) is 4.87. The Bertz CT molecular complexity index is 415. The van der Waals surface area contributed by atoms with Crippen LogP contribution < -0.4 is 10.6 Å². The predicted octanol–water partition coefficient (Wildman–Crippen LogP) is 2.08. The molecule has 92 valence electrons. The first kappa shape index (κ1) is 14.2. The number of carbonyl (C=O) groups excluding carboxylic acids is 2. The van der Waals surface area contributed by atoms with E-state index in [2.05, 4.69) is 42.5 Å². The van der Waals surface area contributed by atoms with Crippen molar-refractivity contribution in [1.29, 1.82) is 0 Å². The van der Waals surface area contributed by atoms with E-state index in [4.69, 9.17) is 0 Å². The second kappa shape index (κ2) is 6.76. The SMILES string of the molecule is CCNC(=O)CNC(=O)c1cc(Br)cc(Br)c1. The number of halogens is 2. The molecule has 0 saturated carbocycles. The Hall–Kier alpha value is -0.880. The molecule has 0 radical (unpaired) electrons. The highest BCUT2D eigenvalue weighted by atomic mass is 79.9. The molecule has 0 aromatic heterocycles. The van der Waals surface area contributed by atoms with E-state index in [0.29, 0.717) is 12.1 Å². The number of carbonyl (C=O) groups is 2. The van der Waals surface area contributed by atoms with Crippen LogP contribution in [0.2, 0.25) is 0 Å². The first-order valence-corrected chi connectivity index (χ1v) is 6.62. The largest absolute Gasteiger partial charge is 0.355 e. The molecule has 2 amide bonds. The number of hydrogen-bond donors (Lipinski definition) is 2. The van der Waals surface area contributed by atoms with Gasteiger partial charge in [0.2, 0.25) is 5.91 Å². The van der Waals surface area contributed by atoms with Crippen molar-refractivity contribution in [3.63, 3.8) is 0 Å². The van der Waals surface area contributed by atoms with Gasteiger partial charge in [0, 0.05) is 21.1 Å². The highest BCUT2D eigenvalue weighted by Crippen LogP contribution is 2.19. The number of likely N-dealkylation sites (N-methyl/N-ethyl adjacent to an activating group) is 1. The average molecular weight is 364 g/mol. The minimum absolute atomic E-state index is 0.0171. The molecule has 0 heterocycles. The van der Waals surface area contributed by atoms with Crippen molar-refractivity contribution in [3.8, 4) is 0 Å². The van der Waals surface area contributed by atoms with Crippen molar-refractivity contribution in [1.82, 2.24) is 10.6 Å². The molecule has 0 unspecified atom stereocenters. The third-order valence-corrected chi connectivity index (χ3v) is 2.82. The fourth-order valence-corrected chi connectivity index (χ4v) is 2.50. The first-order chi connectivity index (χ1) is 8.02. The fraction of sp³-hybridized carbons (Fsp3) is 0.273. The molecule has 1 aromatic carbocycles. The van der Waals surface area contributed by atoms with Gasteiger partial charge in [0.15, 0.2) is 0 Å². The van der Waals surface area contributed by atoms with Crippen molar-refractivity contribution in [3.05, 3.63) is 32.7 Å². The van der Waals surface area contributed by atoms with Crippen LogP contribution in [-0.2, 0) is 4.79 Å². The zero-order chi connectivity index (χ0) is 12.8. The van der Waals surface area contributed by atoms with Gasteiger partial charge in [0.1, 0.15) is 0 Å². The molecule has 2 N–H and O–H groups in total. The Morgan fingerprint density at radius 2 is 1.71 bits per heavy atom. The van der Waals surface area contributed by atoms with Crippen LogP contribution >= 0.6 is 31.9 Å². The second-order valence-corrected chi connectivity index (χ2v) is 5.13. The highest BCUT2D eigenvalue weighted by molar-refractivity contribution is 9.11. The molecule has 0 aliphatic rings. The van der Waals surface area contributed by atoms with Gasteiger partial charge < -0.3 is 10.6 Å². The minimum Gasteiger partial charge on any atom is -0.355 e. The van der Waals surface area contributed by atoms with E-state index in [0.717, 1.165) is 8.95 Å². The Morgan fingerprint density at radius 1 is 1.12 bits per heavy atom. The third-order valence-electron chi connectivity index (χ3n) is 1.91. The van der Waals surface area contributed by atoms with E-state index in [1.54, 1.807) is 12.1 Å². The number of amides is 2. The lowest BCUT2D eigenvalue weighted by atomic mass is 10.2. The lowest BCUT2D eigenvalue weighted by molar-refractivity contribution is -0.120. The summed E-state index contributed by atoms with van der Waals surface area (Å²) in [5, 5.41) is 5.15. The number of benzene rings is 1. The summed E-state index contributed by atoms with van der Waals surface area (Å²) >= 11 is 6.59. The minimum atomic E-state index is -0.279. The van der Waals surface area contributed by atoms with Crippen LogP contribution in [0.4, 0.5) is 0 Å². The monoisotopic (exact) mass is 362 g/mol. The van der Waals surface area contributed by atoms with E-state index in [1.807, 2.05) is 13.0 Å². The van der Waals surface area contributed by atoms with Gasteiger partial charge in [-0.15, -0.1) is 0 Å². The molecule has 0 bridgehead atoms. The van der Waals surface area contributed by atoms with Crippen molar-refractivity contribution < 1.29 is 9.59 Å². The summed E-state index contributed by atoms with van der Waals surface area (Å²) in [6, 6.07) is 5.22. The van der Waals surface area contributed by atoms with Gasteiger partial charge in [-0.3, -0.25) is 9.59 Å². The summed E-state index contributed by atoms with van der Waals surface area (Å²) < 4.78 is 1.60. The smallest absolute Gasteiger partial charge is 0.251 e. The fourth-order valence-electron chi connectivity index (χ4n) is 1.21. The van der Waals surface area contributed by atoms with Gasteiger partial charge in [0.25, 0.3) is 5.91 Å². The van der Waals surface area contributed by atoms with Crippen molar-refractivity contribution in [2.24, 2.45) is 0 Å². The lowest BCUT2D eigenvalue weighted by Gasteiger charge is -2.06. The summed E-state index contributed by atoms with van der Waals surface area (Å²) in [4.78, 5) is 22.9. The van der Waals surface area contributed by atoms with Crippen molar-refractivity contribution >= 4 is 43.7 Å². The maximum atomic E-state index is 11.7. The first-order valence-electron chi connectivity index (χ1n) is 5.04. The van der Waals surface area contributed by atoms with E-state index >= 15 is 0 Å². The van der Waals surface area contributed by atoms with E-state index in [9.17, 15) is 9.59 Å². The standard InChI is InChI=1S/C11H12Br2N2O2/c1-2-14-10(16)6-15-11(17)7-3-8(12)5-9(13)4-7/h3-5H,2,6H2,1H3,(H,14,16)(H,15,17). The summed E-state index contributed by atoms with van der Waals surface area (Å²) in [6.45, 7) is 2.36. The molecule has 0 aliphatic heterocycles. The molecule has 0 fully saturated rings. The molecular formula is C11H12Br2N2O2. The molecule has 17 heavy (non-hydrogen) atoms. The Balaban J connectivity index is 2.61. The van der Waals surface area contributed by atoms with Crippen molar-refractivity contribution in [2.45, 2.75) is 6.92 Å². The van der Waals surface area contributed by atoms with Crippen LogP contribution in [0.25, 0.3) is 0 Å². The van der Waals surface area contributed by atoms with Crippen LogP contribution in [0.3, 0.4) is 0 Å². The highest BCUT2D eigenvalue weighted by Gasteiger charge is 2.08. The molecule has 0 saturated heterocycles. The topological polar surface area (TPSA) is 58.2 Å². The predicted molar refractivity (Wildman–Crippen MR) is 72.9 cm³/mol. The maximum Gasteiger partial charge on any atom is 0.251 e. The van der Waals surface area contributed by atoms with Crippen LogP contribution in [0.5, 0.6) is 0 Å². The number of nitrogens with one attached hydrogen (secondary N) is 2. The zero-order valence-corrected chi connectivity index (χ0v) is 12.4. The van der Waals surface area contributed by atoms with Gasteiger partial charge in [-0.05, 0) is 25.1 Å². The molecule has 6 heteroatoms. The van der Waals surface area contributed by atoms with Gasteiger partial charge >= 0.3 is 0 Å². The van der Waals surface area contributed by atoms with Gasteiger partial charge in [0.05, 0.1) is 6.54 Å². The second-order valence-electron chi connectivity index (χ2n) is 3.29. The van der Waals surface area contributed by atoms with Crippen molar-refractivity contribution in [2.75, 3.05) is 13.1 Å². The summed E-state index contributed by atoms with van der Waals surface area (Å²) in [6.07, 6.45) is 0. The number of hydrogen-bond acceptors (Lipinski definition) is 2. The molecule has 1 rings (SSSR count). The van der Waals surface area contributed by atoms with Crippen LogP contribution in [0.15, 0.2) is 27.1 Å². The lowest BCUT2D eigenvalue weighted by Crippen LogP contribution is -2.36. The van der Waals surface area contributed by atoms with E-state index < -0.39 is 0 Å². The summed E-state index contributed by atoms with van der Waals surface area (Å²) in [5.41, 5.74) is 0.496. The normalized spacial score (nSPS) is 9.82. The Labute approximate surface area is 116 Å². The maximum absolute atomic E-state index is 11.7. The van der Waals surface area contributed by atoms with Crippen LogP contribution in [0, 0.1) is 0 Å². The number of rotatable bonds is 4. The zero-order valence-electron chi connectivity index (χ0n) is 9.22. The molecule has 0 aliphatic carbocycles. The van der Waals surface area contributed by atoms with Gasteiger partial charge in [-0.2, -0.15) is 0 Å². The average Bonchev–Trinajstić information content (AvgIpc) is 2.25. The van der Waals surface area contributed by atoms with Crippen LogP contribution in [-0.4, -0.2) is 24.9 Å².